The molecule has 1 heterocycles. The standard InChI is InChI=1S/C12H19N3OS/c1-13-10-5-6-14-11(9-10)12(16)15(2)7-4-8-17-3/h5-6,9H,4,7-8H2,1-3H3,(H,13,14). The highest BCUT2D eigenvalue weighted by Crippen LogP contribution is 2.09. The molecular weight excluding hydrogens is 234 g/mol. The lowest BCUT2D eigenvalue weighted by molar-refractivity contribution is 0.0790. The van der Waals surface area contributed by atoms with E-state index >= 15 is 0 Å². The van der Waals surface area contributed by atoms with Crippen molar-refractivity contribution in [3.05, 3.63) is 24.0 Å². The van der Waals surface area contributed by atoms with Crippen LogP contribution in [0.3, 0.4) is 0 Å². The fraction of sp³-hybridized carbons (Fsp3) is 0.500. The summed E-state index contributed by atoms with van der Waals surface area (Å²) in [6.45, 7) is 0.769. The van der Waals surface area contributed by atoms with E-state index in [1.165, 1.54) is 0 Å². The van der Waals surface area contributed by atoms with Crippen LogP contribution >= 0.6 is 11.8 Å². The Bertz CT molecular complexity index is 371. The SMILES string of the molecule is CNc1ccnc(C(=O)N(C)CCCSC)c1. The van der Waals surface area contributed by atoms with Gasteiger partial charge in [0.15, 0.2) is 0 Å². The van der Waals surface area contributed by atoms with Crippen LogP contribution < -0.4 is 5.32 Å². The maximum atomic E-state index is 12.0. The normalized spacial score (nSPS) is 10.1. The summed E-state index contributed by atoms with van der Waals surface area (Å²) in [6, 6.07) is 3.61. The van der Waals surface area contributed by atoms with Crippen LogP contribution in [-0.4, -0.2) is 48.4 Å². The maximum absolute atomic E-state index is 12.0. The number of carbonyl (C=O) groups excluding carboxylic acids is 1. The summed E-state index contributed by atoms with van der Waals surface area (Å²) in [5, 5.41) is 3.00. The minimum absolute atomic E-state index is 0.0248. The fourth-order valence-corrected chi connectivity index (χ4v) is 1.86. The maximum Gasteiger partial charge on any atom is 0.272 e. The van der Waals surface area contributed by atoms with Gasteiger partial charge in [0.05, 0.1) is 0 Å². The number of amides is 1. The highest BCUT2D eigenvalue weighted by Gasteiger charge is 2.12. The molecule has 4 nitrogen and oxygen atoms in total. The molecule has 0 atom stereocenters. The Kier molecular flexibility index (Phi) is 5.83. The van der Waals surface area contributed by atoms with Crippen LogP contribution in [0.1, 0.15) is 16.9 Å². The third kappa shape index (κ3) is 4.26. The Balaban J connectivity index is 2.61. The second-order valence-corrected chi connectivity index (χ2v) is 4.74. The highest BCUT2D eigenvalue weighted by atomic mass is 32.2. The molecule has 94 valence electrons. The van der Waals surface area contributed by atoms with Crippen molar-refractivity contribution >= 4 is 23.4 Å². The molecule has 1 rings (SSSR count). The van der Waals surface area contributed by atoms with Crippen LogP contribution in [0.15, 0.2) is 18.3 Å². The van der Waals surface area contributed by atoms with Gasteiger partial charge in [-0.25, -0.2) is 0 Å². The van der Waals surface area contributed by atoms with Crippen LogP contribution in [0.5, 0.6) is 0 Å². The third-order valence-corrected chi connectivity index (χ3v) is 3.15. The van der Waals surface area contributed by atoms with Crippen LogP contribution in [0.2, 0.25) is 0 Å². The van der Waals surface area contributed by atoms with Crippen molar-refractivity contribution in [2.45, 2.75) is 6.42 Å². The largest absolute Gasteiger partial charge is 0.388 e. The lowest BCUT2D eigenvalue weighted by atomic mass is 10.3. The van der Waals surface area contributed by atoms with Crippen LogP contribution in [0.25, 0.3) is 0 Å². The molecule has 17 heavy (non-hydrogen) atoms. The summed E-state index contributed by atoms with van der Waals surface area (Å²) in [5.74, 6) is 1.05. The van der Waals surface area contributed by atoms with Crippen LogP contribution in [-0.2, 0) is 0 Å². The molecule has 0 spiro atoms. The molecule has 0 aliphatic rings. The predicted octanol–water partition coefficient (Wildman–Crippen LogP) is 1.95. The first-order valence-corrected chi connectivity index (χ1v) is 6.96. The molecule has 0 fully saturated rings. The molecule has 0 aromatic carbocycles. The smallest absolute Gasteiger partial charge is 0.272 e. The van der Waals surface area contributed by atoms with Gasteiger partial charge in [-0.3, -0.25) is 9.78 Å². The van der Waals surface area contributed by atoms with Gasteiger partial charge in [0.2, 0.25) is 0 Å². The third-order valence-electron chi connectivity index (χ3n) is 2.46. The number of carbonyl (C=O) groups is 1. The summed E-state index contributed by atoms with van der Waals surface area (Å²) in [6.07, 6.45) is 4.73. The molecule has 0 bridgehead atoms. The first-order chi connectivity index (χ1) is 8.19. The minimum atomic E-state index is -0.0248. The number of hydrogen-bond donors (Lipinski definition) is 1. The summed E-state index contributed by atoms with van der Waals surface area (Å²) >= 11 is 1.79. The molecule has 0 radical (unpaired) electrons. The van der Waals surface area contributed by atoms with Crippen molar-refractivity contribution < 1.29 is 4.79 Å². The molecule has 0 aliphatic heterocycles. The average Bonchev–Trinajstić information content (AvgIpc) is 2.38. The first kappa shape index (κ1) is 13.8. The zero-order chi connectivity index (χ0) is 12.7. The summed E-state index contributed by atoms with van der Waals surface area (Å²) in [7, 11) is 3.64. The zero-order valence-corrected chi connectivity index (χ0v) is 11.4. The van der Waals surface area contributed by atoms with E-state index in [1.54, 1.807) is 28.9 Å². The molecule has 1 aromatic rings. The molecular formula is C12H19N3OS. The Hall–Kier alpha value is -1.23. The highest BCUT2D eigenvalue weighted by molar-refractivity contribution is 7.98. The van der Waals surface area contributed by atoms with E-state index in [1.807, 2.05) is 20.2 Å². The minimum Gasteiger partial charge on any atom is -0.388 e. The van der Waals surface area contributed by atoms with Gasteiger partial charge in [0.25, 0.3) is 5.91 Å². The number of hydrogen-bond acceptors (Lipinski definition) is 4. The molecule has 1 aromatic heterocycles. The number of anilines is 1. The number of pyridine rings is 1. The van der Waals surface area contributed by atoms with Gasteiger partial charge in [-0.1, -0.05) is 0 Å². The van der Waals surface area contributed by atoms with E-state index < -0.39 is 0 Å². The number of thioether (sulfide) groups is 1. The van der Waals surface area contributed by atoms with Gasteiger partial charge < -0.3 is 10.2 Å². The molecule has 1 amide bonds. The lowest BCUT2D eigenvalue weighted by Crippen LogP contribution is -2.28. The van der Waals surface area contributed by atoms with E-state index in [9.17, 15) is 4.79 Å². The summed E-state index contributed by atoms with van der Waals surface area (Å²) in [4.78, 5) is 17.9. The Morgan fingerprint density at radius 3 is 3.00 bits per heavy atom. The lowest BCUT2D eigenvalue weighted by Gasteiger charge is -2.16. The quantitative estimate of drug-likeness (QED) is 0.787. The van der Waals surface area contributed by atoms with Gasteiger partial charge in [-0.15, -0.1) is 0 Å². The Morgan fingerprint density at radius 1 is 1.59 bits per heavy atom. The van der Waals surface area contributed by atoms with Crippen LogP contribution in [0, 0.1) is 0 Å². The zero-order valence-electron chi connectivity index (χ0n) is 10.6. The molecule has 0 unspecified atom stereocenters. The number of nitrogens with one attached hydrogen (secondary N) is 1. The first-order valence-electron chi connectivity index (χ1n) is 5.57. The second kappa shape index (κ2) is 7.17. The van der Waals surface area contributed by atoms with E-state index in [0.29, 0.717) is 5.69 Å². The fourth-order valence-electron chi connectivity index (χ4n) is 1.45. The predicted molar refractivity (Wildman–Crippen MR) is 73.7 cm³/mol. The van der Waals surface area contributed by atoms with Crippen molar-refractivity contribution in [2.24, 2.45) is 0 Å². The molecule has 0 aliphatic carbocycles. The second-order valence-electron chi connectivity index (χ2n) is 3.75. The van der Waals surface area contributed by atoms with Crippen molar-refractivity contribution in [2.75, 3.05) is 38.0 Å². The Morgan fingerprint density at radius 2 is 2.35 bits per heavy atom. The summed E-state index contributed by atoms with van der Waals surface area (Å²) in [5.41, 5.74) is 1.39. The average molecular weight is 253 g/mol. The molecule has 0 saturated carbocycles. The Labute approximate surface area is 107 Å². The monoisotopic (exact) mass is 253 g/mol. The van der Waals surface area contributed by atoms with Crippen LogP contribution in [0.4, 0.5) is 5.69 Å². The van der Waals surface area contributed by atoms with Crippen molar-refractivity contribution in [1.82, 2.24) is 9.88 Å². The van der Waals surface area contributed by atoms with Crippen molar-refractivity contribution in [1.29, 1.82) is 0 Å². The van der Waals surface area contributed by atoms with Gasteiger partial charge in [-0.2, -0.15) is 11.8 Å². The number of nitrogens with zero attached hydrogens (tertiary/aromatic N) is 2. The van der Waals surface area contributed by atoms with Gasteiger partial charge in [0.1, 0.15) is 5.69 Å². The molecule has 5 heteroatoms. The molecule has 1 N–H and O–H groups in total. The number of aromatic nitrogens is 1. The van der Waals surface area contributed by atoms with Gasteiger partial charge >= 0.3 is 0 Å². The van der Waals surface area contributed by atoms with E-state index in [4.69, 9.17) is 0 Å². The number of rotatable bonds is 6. The van der Waals surface area contributed by atoms with Gasteiger partial charge in [0, 0.05) is 32.5 Å². The van der Waals surface area contributed by atoms with Crippen molar-refractivity contribution in [3.63, 3.8) is 0 Å². The summed E-state index contributed by atoms with van der Waals surface area (Å²) < 4.78 is 0. The molecule has 0 saturated heterocycles. The van der Waals surface area contributed by atoms with E-state index in [-0.39, 0.29) is 5.91 Å². The topological polar surface area (TPSA) is 45.2 Å². The van der Waals surface area contributed by atoms with Gasteiger partial charge in [-0.05, 0) is 30.6 Å². The van der Waals surface area contributed by atoms with E-state index in [2.05, 4.69) is 16.6 Å². The van der Waals surface area contributed by atoms with Crippen molar-refractivity contribution in [3.8, 4) is 0 Å². The van der Waals surface area contributed by atoms with E-state index in [0.717, 1.165) is 24.4 Å².